The number of carboxylic acid groups (broad SMARTS) is 2. The molecule has 0 saturated heterocycles. The van der Waals surface area contributed by atoms with E-state index in [-0.39, 0.29) is 21.4 Å². The predicted molar refractivity (Wildman–Crippen MR) is 63.7 cm³/mol. The highest BCUT2D eigenvalue weighted by molar-refractivity contribution is 6.42. The molecule has 106 valence electrons. The third-order valence-corrected chi connectivity index (χ3v) is 2.55. The molecule has 0 aromatic heterocycles. The van der Waals surface area contributed by atoms with Crippen LogP contribution in [0, 0.1) is 0 Å². The van der Waals surface area contributed by atoms with Crippen LogP contribution in [-0.2, 0) is 19.2 Å². The summed E-state index contributed by atoms with van der Waals surface area (Å²) in [5.74, 6) is -6.97. The van der Waals surface area contributed by atoms with Crippen molar-refractivity contribution in [1.29, 1.82) is 0 Å². The van der Waals surface area contributed by atoms with Gasteiger partial charge in [0, 0.05) is 0 Å². The predicted octanol–water partition coefficient (Wildman–Crippen LogP) is -1.63. The second-order valence-electron chi connectivity index (χ2n) is 3.30. The van der Waals surface area contributed by atoms with Crippen molar-refractivity contribution in [3.63, 3.8) is 0 Å². The summed E-state index contributed by atoms with van der Waals surface area (Å²) < 4.78 is 0. The van der Waals surface area contributed by atoms with Gasteiger partial charge in [-0.25, -0.2) is 0 Å². The van der Waals surface area contributed by atoms with Gasteiger partial charge in [-0.15, -0.1) is 0 Å². The lowest BCUT2D eigenvalue weighted by Crippen LogP contribution is -2.37. The second-order valence-corrected chi connectivity index (χ2v) is 4.11. The highest BCUT2D eigenvalue weighted by Crippen LogP contribution is 2.32. The zero-order chi connectivity index (χ0) is 15.4. The van der Waals surface area contributed by atoms with Gasteiger partial charge < -0.3 is 30.4 Å². The van der Waals surface area contributed by atoms with Crippen molar-refractivity contribution in [2.75, 3.05) is 10.6 Å². The number of carbonyl (C=O) groups excluding carboxylic acids is 4. The fraction of sp³-hybridized carbons (Fsp3) is 0. The number of amides is 2. The molecular formula is C10H4Cl2N2O6-2. The number of halogens is 2. The maximum absolute atomic E-state index is 10.9. The number of benzene rings is 1. The van der Waals surface area contributed by atoms with Crippen molar-refractivity contribution >= 4 is 58.3 Å². The van der Waals surface area contributed by atoms with E-state index in [0.29, 0.717) is 0 Å². The van der Waals surface area contributed by atoms with Gasteiger partial charge in [-0.1, -0.05) is 23.2 Å². The molecule has 0 aliphatic heterocycles. The van der Waals surface area contributed by atoms with E-state index in [1.54, 1.807) is 0 Å². The lowest BCUT2D eigenvalue weighted by Gasteiger charge is -2.12. The van der Waals surface area contributed by atoms with Crippen LogP contribution in [-0.4, -0.2) is 23.8 Å². The molecule has 8 nitrogen and oxygen atoms in total. The van der Waals surface area contributed by atoms with E-state index < -0.39 is 23.8 Å². The van der Waals surface area contributed by atoms with Crippen LogP contribution in [0.25, 0.3) is 0 Å². The van der Waals surface area contributed by atoms with Crippen LogP contribution in [0.5, 0.6) is 0 Å². The Hall–Kier alpha value is -2.32. The summed E-state index contributed by atoms with van der Waals surface area (Å²) in [6, 6.07) is 2.05. The van der Waals surface area contributed by atoms with E-state index in [9.17, 15) is 29.4 Å². The molecule has 1 aromatic carbocycles. The fourth-order valence-corrected chi connectivity index (χ4v) is 1.56. The van der Waals surface area contributed by atoms with Crippen LogP contribution in [0.4, 0.5) is 11.4 Å². The third-order valence-electron chi connectivity index (χ3n) is 1.92. The second kappa shape index (κ2) is 6.22. The fourth-order valence-electron chi connectivity index (χ4n) is 1.09. The van der Waals surface area contributed by atoms with Crippen molar-refractivity contribution in [2.24, 2.45) is 0 Å². The molecule has 0 bridgehead atoms. The van der Waals surface area contributed by atoms with Gasteiger partial charge in [0.05, 0.1) is 21.4 Å². The molecule has 2 N–H and O–H groups in total. The average molecular weight is 319 g/mol. The number of aliphatic carboxylic acids is 2. The molecule has 0 radical (unpaired) electrons. The molecule has 0 aliphatic rings. The number of anilines is 2. The standard InChI is InChI=1S/C10H6Cl2N2O6/c11-3-1-4(12)6(14-8(16)10(19)20)2-5(3)13-7(15)9(17)18/h1-2H,(H,13,15)(H,14,16)(H,17,18)(H,19,20)/p-2. The van der Waals surface area contributed by atoms with E-state index in [1.165, 1.54) is 0 Å². The summed E-state index contributed by atoms with van der Waals surface area (Å²) in [5, 5.41) is 24.1. The molecule has 0 unspecified atom stereocenters. The molecule has 1 rings (SSSR count). The molecule has 0 aliphatic carbocycles. The molecule has 0 atom stereocenters. The molecule has 0 fully saturated rings. The van der Waals surface area contributed by atoms with Gasteiger partial charge in [-0.3, -0.25) is 9.59 Å². The SMILES string of the molecule is O=C([O-])C(=O)Nc1cc(NC(=O)C(=O)[O-])c(Cl)cc1Cl. The summed E-state index contributed by atoms with van der Waals surface area (Å²) in [4.78, 5) is 42.4. The van der Waals surface area contributed by atoms with E-state index >= 15 is 0 Å². The summed E-state index contributed by atoms with van der Waals surface area (Å²) in [6.45, 7) is 0. The number of carbonyl (C=O) groups is 4. The first kappa shape index (κ1) is 15.7. The Morgan fingerprint density at radius 2 is 1.15 bits per heavy atom. The number of hydrogen-bond acceptors (Lipinski definition) is 6. The van der Waals surface area contributed by atoms with Crippen LogP contribution in [0.15, 0.2) is 12.1 Å². The van der Waals surface area contributed by atoms with Crippen LogP contribution >= 0.6 is 23.2 Å². The van der Waals surface area contributed by atoms with Crippen molar-refractivity contribution < 1.29 is 29.4 Å². The van der Waals surface area contributed by atoms with Crippen LogP contribution in [0.1, 0.15) is 0 Å². The van der Waals surface area contributed by atoms with E-state index in [1.807, 2.05) is 10.6 Å². The Balaban J connectivity index is 3.09. The molecule has 20 heavy (non-hydrogen) atoms. The Kier molecular flexibility index (Phi) is 4.89. The first-order valence-corrected chi connectivity index (χ1v) is 5.51. The van der Waals surface area contributed by atoms with Gasteiger partial charge in [-0.05, 0) is 12.1 Å². The van der Waals surface area contributed by atoms with E-state index in [4.69, 9.17) is 23.2 Å². The van der Waals surface area contributed by atoms with Gasteiger partial charge in [0.25, 0.3) is 11.8 Å². The van der Waals surface area contributed by atoms with Gasteiger partial charge in [0.1, 0.15) is 11.9 Å². The maximum atomic E-state index is 10.9. The summed E-state index contributed by atoms with van der Waals surface area (Å²) in [5.41, 5.74) is -0.419. The quantitative estimate of drug-likeness (QED) is 0.628. The van der Waals surface area contributed by atoms with Crippen molar-refractivity contribution in [2.45, 2.75) is 0 Å². The molecule has 0 spiro atoms. The molecule has 10 heteroatoms. The summed E-state index contributed by atoms with van der Waals surface area (Å²) in [6.07, 6.45) is 0. The van der Waals surface area contributed by atoms with E-state index in [0.717, 1.165) is 12.1 Å². The van der Waals surface area contributed by atoms with E-state index in [2.05, 4.69) is 0 Å². The van der Waals surface area contributed by atoms with Crippen molar-refractivity contribution in [3.8, 4) is 0 Å². The first-order chi connectivity index (χ1) is 9.22. The van der Waals surface area contributed by atoms with Crippen molar-refractivity contribution in [3.05, 3.63) is 22.2 Å². The number of carboxylic acids is 2. The third kappa shape index (κ3) is 3.84. The van der Waals surface area contributed by atoms with Crippen LogP contribution < -0.4 is 20.8 Å². The minimum absolute atomic E-state index is 0.129. The lowest BCUT2D eigenvalue weighted by atomic mass is 10.2. The average Bonchev–Trinajstić information content (AvgIpc) is 2.34. The van der Waals surface area contributed by atoms with Crippen LogP contribution in [0.2, 0.25) is 10.0 Å². The Bertz CT molecular complexity index is 567. The smallest absolute Gasteiger partial charge is 0.271 e. The molecule has 0 heterocycles. The summed E-state index contributed by atoms with van der Waals surface area (Å²) >= 11 is 11.4. The van der Waals surface area contributed by atoms with Crippen molar-refractivity contribution in [1.82, 2.24) is 0 Å². The minimum atomic E-state index is -2.00. The molecule has 0 saturated carbocycles. The Morgan fingerprint density at radius 1 is 0.800 bits per heavy atom. The highest BCUT2D eigenvalue weighted by atomic mass is 35.5. The largest absolute Gasteiger partial charge is 0.540 e. The minimum Gasteiger partial charge on any atom is -0.540 e. The molecular weight excluding hydrogens is 315 g/mol. The first-order valence-electron chi connectivity index (χ1n) is 4.76. The zero-order valence-corrected chi connectivity index (χ0v) is 10.9. The normalized spacial score (nSPS) is 9.70. The van der Waals surface area contributed by atoms with Gasteiger partial charge >= 0.3 is 0 Å². The van der Waals surface area contributed by atoms with Crippen LogP contribution in [0.3, 0.4) is 0 Å². The highest BCUT2D eigenvalue weighted by Gasteiger charge is 2.13. The van der Waals surface area contributed by atoms with Gasteiger partial charge in [-0.2, -0.15) is 0 Å². The number of rotatable bonds is 2. The topological polar surface area (TPSA) is 138 Å². The monoisotopic (exact) mass is 318 g/mol. The van der Waals surface area contributed by atoms with Gasteiger partial charge in [0.2, 0.25) is 0 Å². The number of nitrogens with one attached hydrogen (secondary N) is 2. The Morgan fingerprint density at radius 3 is 1.45 bits per heavy atom. The molecule has 2 amide bonds. The number of hydrogen-bond donors (Lipinski definition) is 2. The maximum Gasteiger partial charge on any atom is 0.271 e. The lowest BCUT2D eigenvalue weighted by molar-refractivity contribution is -0.300. The Labute approximate surface area is 121 Å². The van der Waals surface area contributed by atoms with Gasteiger partial charge in [0.15, 0.2) is 0 Å². The summed E-state index contributed by atoms with van der Waals surface area (Å²) in [7, 11) is 0. The molecule has 1 aromatic rings. The zero-order valence-electron chi connectivity index (χ0n) is 9.36.